The molecule has 0 radical (unpaired) electrons. The molecule has 3 nitrogen and oxygen atoms in total. The van der Waals surface area contributed by atoms with E-state index in [4.69, 9.17) is 0 Å². The Bertz CT molecular complexity index is 48.9. The summed E-state index contributed by atoms with van der Waals surface area (Å²) < 4.78 is 2.17. The number of hydrogen-bond donors (Lipinski definition) is 2. The molecule has 1 rings (SSSR count). The van der Waals surface area contributed by atoms with E-state index in [1.165, 1.54) is 0 Å². The fraction of sp³-hybridized carbons (Fsp3) is 0. The van der Waals surface area contributed by atoms with Crippen molar-refractivity contribution in [2.45, 2.75) is 0 Å². The second-order valence-corrected chi connectivity index (χ2v) is 1.85. The van der Waals surface area contributed by atoms with Gasteiger partial charge < -0.3 is 14.9 Å². The first-order chi connectivity index (χ1) is 3.39. The molecular weight excluding hydrogens is 85.3 g/mol. The molecule has 1 fully saturated rings. The van der Waals surface area contributed by atoms with Crippen LogP contribution in [0.5, 0.6) is 0 Å². The normalized spacial score (nSPS) is 21.7. The third-order valence-corrected chi connectivity index (χ3v) is 1.01. The highest BCUT2D eigenvalue weighted by Gasteiger charge is 2.06. The van der Waals surface area contributed by atoms with Gasteiger partial charge in [-0.25, -0.2) is 0 Å². The Morgan fingerprint density at radius 1 is 1.29 bits per heavy atom. The zero-order chi connectivity index (χ0) is 5.11. The van der Waals surface area contributed by atoms with Gasteiger partial charge in [0.15, 0.2) is 7.98 Å². The second-order valence-electron chi connectivity index (χ2n) is 1.85. The Labute approximate surface area is 46.5 Å². The molecule has 1 heterocycles. The minimum absolute atomic E-state index is 0.949. The van der Waals surface area contributed by atoms with E-state index < -0.39 is 0 Å². The van der Waals surface area contributed by atoms with Crippen molar-refractivity contribution in [3.63, 3.8) is 0 Å². The highest BCUT2D eigenvalue weighted by Crippen LogP contribution is 1.67. The molecule has 34 valence electrons. The molecule has 0 aromatic rings. The van der Waals surface area contributed by atoms with Crippen LogP contribution in [0, 0.1) is 0 Å². The van der Waals surface area contributed by atoms with Crippen molar-refractivity contribution in [1.29, 1.82) is 0 Å². The summed E-state index contributed by atoms with van der Waals surface area (Å²) in [5, 5.41) is 6.30. The van der Waals surface area contributed by atoms with E-state index in [1.807, 2.05) is 0 Å². The number of hydrogen-bond acceptors (Lipinski definition) is 3. The summed E-state index contributed by atoms with van der Waals surface area (Å²) in [5.41, 5.74) is 0. The molecule has 0 atom stereocenters. The highest BCUT2D eigenvalue weighted by atomic mass is 15.1. The lowest BCUT2D eigenvalue weighted by Crippen LogP contribution is -2.56. The average molecular weight is 92.3 g/mol. The molecule has 7 heavy (non-hydrogen) atoms. The van der Waals surface area contributed by atoms with Gasteiger partial charge in [-0.15, -0.1) is 0 Å². The fourth-order valence-electron chi connectivity index (χ4n) is 0.638. The largest absolute Gasteiger partial charge is 0.412 e. The lowest BCUT2D eigenvalue weighted by molar-refractivity contribution is 1.03. The van der Waals surface area contributed by atoms with Crippen LogP contribution in [-0.4, -0.2) is 35.3 Å². The monoisotopic (exact) mass is 93.1 g/mol. The number of nitrogens with one attached hydrogen (secondary N) is 2. The minimum Gasteiger partial charge on any atom is -0.412 e. The van der Waals surface area contributed by atoms with Gasteiger partial charge in [0.1, 0.15) is 0 Å². The molecule has 0 amide bonds. The van der Waals surface area contributed by atoms with Crippen LogP contribution in [0.2, 0.25) is 0 Å². The van der Waals surface area contributed by atoms with E-state index in [2.05, 4.69) is 22.9 Å². The minimum atomic E-state index is 0.949. The standard InChI is InChI=1S/B4H7N3/c1-7-3-5-2-6-4-7/h2-6H,1H2. The van der Waals surface area contributed by atoms with E-state index in [9.17, 15) is 0 Å². The van der Waals surface area contributed by atoms with Crippen LogP contribution in [0.15, 0.2) is 0 Å². The number of rotatable bonds is 0. The number of nitrogens with zero attached hydrogens (tertiary/aromatic N) is 1. The summed E-state index contributed by atoms with van der Waals surface area (Å²) in [6, 6.07) is 0. The first-order valence-electron chi connectivity index (χ1n) is 2.49. The second kappa shape index (κ2) is 2.45. The van der Waals surface area contributed by atoms with E-state index in [-0.39, 0.29) is 0 Å². The first-order valence-corrected chi connectivity index (χ1v) is 2.49. The van der Waals surface area contributed by atoms with Gasteiger partial charge >= 0.3 is 0 Å². The molecule has 0 saturated carbocycles. The van der Waals surface area contributed by atoms with Crippen LogP contribution >= 0.6 is 0 Å². The van der Waals surface area contributed by atoms with Crippen molar-refractivity contribution < 1.29 is 0 Å². The fourth-order valence-corrected chi connectivity index (χ4v) is 0.638. The lowest BCUT2D eigenvalue weighted by Gasteiger charge is -2.20. The third-order valence-electron chi connectivity index (χ3n) is 1.01. The van der Waals surface area contributed by atoms with Gasteiger partial charge in [0.05, 0.1) is 0 Å². The molecule has 1 saturated heterocycles. The van der Waals surface area contributed by atoms with Gasteiger partial charge in [0, 0.05) is 0 Å². The summed E-state index contributed by atoms with van der Waals surface area (Å²) >= 11 is 0. The molecule has 0 aromatic heterocycles. The molecule has 2 N–H and O–H groups in total. The van der Waals surface area contributed by atoms with E-state index >= 15 is 0 Å². The zero-order valence-electron chi connectivity index (χ0n) is 4.57. The molecule has 0 bridgehead atoms. The average Bonchev–Trinajstić information content (AvgIpc) is 1.69. The molecule has 0 aromatic carbocycles. The summed E-state index contributed by atoms with van der Waals surface area (Å²) in [7, 11) is 5.03. The SMILES string of the molecule is BN1BNBNB1. The Morgan fingerprint density at radius 2 is 1.86 bits per heavy atom. The molecule has 7 heteroatoms. The molecule has 0 aliphatic carbocycles. The molecule has 0 spiro atoms. The summed E-state index contributed by atoms with van der Waals surface area (Å²) in [4.78, 5) is 0. The van der Waals surface area contributed by atoms with Crippen molar-refractivity contribution in [1.82, 2.24) is 14.9 Å². The smallest absolute Gasteiger partial charge is 0.265 e. The quantitative estimate of drug-likeness (QED) is 0.297. The van der Waals surface area contributed by atoms with Gasteiger partial charge in [0.2, 0.25) is 0 Å². The first kappa shape index (κ1) is 5.28. The van der Waals surface area contributed by atoms with E-state index in [0.717, 1.165) is 22.6 Å². The zero-order valence-corrected chi connectivity index (χ0v) is 4.57. The summed E-state index contributed by atoms with van der Waals surface area (Å²) in [6.45, 7) is 0. The van der Waals surface area contributed by atoms with Crippen LogP contribution in [0.3, 0.4) is 0 Å². The van der Waals surface area contributed by atoms with Crippen molar-refractivity contribution in [2.75, 3.05) is 0 Å². The van der Waals surface area contributed by atoms with Gasteiger partial charge in [0.25, 0.3) is 22.6 Å². The van der Waals surface area contributed by atoms with Crippen molar-refractivity contribution in [3.05, 3.63) is 0 Å². The molecule has 0 unspecified atom stereocenters. The van der Waals surface area contributed by atoms with Crippen LogP contribution in [0.4, 0.5) is 0 Å². The third kappa shape index (κ3) is 1.59. The van der Waals surface area contributed by atoms with Crippen LogP contribution in [-0.2, 0) is 0 Å². The summed E-state index contributed by atoms with van der Waals surface area (Å²) in [6.07, 6.45) is 0. The predicted octanol–water partition coefficient (Wildman–Crippen LogP) is -4.17. The maximum Gasteiger partial charge on any atom is 0.265 e. The van der Waals surface area contributed by atoms with Gasteiger partial charge in [-0.2, -0.15) is 0 Å². The topological polar surface area (TPSA) is 27.3 Å². The van der Waals surface area contributed by atoms with Crippen molar-refractivity contribution in [3.8, 4) is 0 Å². The Hall–Kier alpha value is 0.140. The lowest BCUT2D eigenvalue weighted by atomic mass is 9.77. The van der Waals surface area contributed by atoms with Gasteiger partial charge in [-0.1, -0.05) is 0 Å². The van der Waals surface area contributed by atoms with E-state index in [0.29, 0.717) is 0 Å². The van der Waals surface area contributed by atoms with Crippen LogP contribution in [0.1, 0.15) is 0 Å². The van der Waals surface area contributed by atoms with Crippen LogP contribution in [0.25, 0.3) is 0 Å². The summed E-state index contributed by atoms with van der Waals surface area (Å²) in [5.74, 6) is 0. The van der Waals surface area contributed by atoms with Gasteiger partial charge in [-0.3, -0.25) is 0 Å². The molecular formula is H7B4N3. The van der Waals surface area contributed by atoms with Crippen LogP contribution < -0.4 is 10.3 Å². The molecule has 1 aliphatic heterocycles. The Morgan fingerprint density at radius 3 is 2.14 bits per heavy atom. The maximum atomic E-state index is 3.15. The molecule has 1 aliphatic rings. The Kier molecular flexibility index (Phi) is 1.85. The maximum absolute atomic E-state index is 3.15. The predicted molar refractivity (Wildman–Crippen MR) is 38.1 cm³/mol. The van der Waals surface area contributed by atoms with Gasteiger partial charge in [-0.05, 0) is 0 Å². The Balaban J connectivity index is 2.12. The highest BCUT2D eigenvalue weighted by molar-refractivity contribution is 6.70. The van der Waals surface area contributed by atoms with E-state index in [1.54, 1.807) is 0 Å². The van der Waals surface area contributed by atoms with Crippen molar-refractivity contribution >= 4 is 30.6 Å². The van der Waals surface area contributed by atoms with Crippen molar-refractivity contribution in [2.24, 2.45) is 0 Å².